The first kappa shape index (κ1) is 13.6. The SMILES string of the molecule is O=C1C[C@H](CN2CCOCC2)CN1Cc1ccccc1. The van der Waals surface area contributed by atoms with Gasteiger partial charge in [0.25, 0.3) is 0 Å². The van der Waals surface area contributed by atoms with Crippen LogP contribution < -0.4 is 0 Å². The average molecular weight is 274 g/mol. The molecule has 0 saturated carbocycles. The van der Waals surface area contributed by atoms with Gasteiger partial charge in [0.1, 0.15) is 0 Å². The number of morpholine rings is 1. The molecule has 2 aliphatic rings. The number of ether oxygens (including phenoxy) is 1. The minimum atomic E-state index is 0.298. The summed E-state index contributed by atoms with van der Waals surface area (Å²) >= 11 is 0. The summed E-state index contributed by atoms with van der Waals surface area (Å²) in [4.78, 5) is 16.5. The van der Waals surface area contributed by atoms with Crippen LogP contribution in [0, 0.1) is 5.92 Å². The Balaban J connectivity index is 1.52. The molecule has 0 unspecified atom stereocenters. The highest BCUT2D eigenvalue weighted by atomic mass is 16.5. The predicted molar refractivity (Wildman–Crippen MR) is 77.2 cm³/mol. The lowest BCUT2D eigenvalue weighted by molar-refractivity contribution is -0.128. The molecule has 20 heavy (non-hydrogen) atoms. The minimum Gasteiger partial charge on any atom is -0.379 e. The number of rotatable bonds is 4. The van der Waals surface area contributed by atoms with Crippen molar-refractivity contribution in [2.75, 3.05) is 39.4 Å². The maximum Gasteiger partial charge on any atom is 0.223 e. The van der Waals surface area contributed by atoms with Gasteiger partial charge in [-0.1, -0.05) is 30.3 Å². The maximum absolute atomic E-state index is 12.1. The number of benzene rings is 1. The van der Waals surface area contributed by atoms with Gasteiger partial charge in [-0.25, -0.2) is 0 Å². The summed E-state index contributed by atoms with van der Waals surface area (Å²) in [5.74, 6) is 0.774. The van der Waals surface area contributed by atoms with Crippen LogP contribution in [-0.4, -0.2) is 55.1 Å². The standard InChI is InChI=1S/C16H22N2O2/c19-16-10-15(11-17-6-8-20-9-7-17)13-18(16)12-14-4-2-1-3-5-14/h1-5,15H,6-13H2/t15-/m1/s1. The van der Waals surface area contributed by atoms with E-state index in [0.29, 0.717) is 18.2 Å². The van der Waals surface area contributed by atoms with Crippen molar-refractivity contribution in [3.8, 4) is 0 Å². The summed E-state index contributed by atoms with van der Waals surface area (Å²) in [6, 6.07) is 10.2. The van der Waals surface area contributed by atoms with Crippen molar-refractivity contribution < 1.29 is 9.53 Å². The molecule has 0 aliphatic carbocycles. The van der Waals surface area contributed by atoms with Crippen LogP contribution in [-0.2, 0) is 16.1 Å². The second-order valence-corrected chi connectivity index (χ2v) is 5.74. The number of carbonyl (C=O) groups is 1. The lowest BCUT2D eigenvalue weighted by Gasteiger charge is -2.28. The Hall–Kier alpha value is -1.39. The van der Waals surface area contributed by atoms with E-state index in [1.165, 1.54) is 5.56 Å². The van der Waals surface area contributed by atoms with Crippen LogP contribution in [0.3, 0.4) is 0 Å². The molecule has 1 aromatic carbocycles. The van der Waals surface area contributed by atoms with Gasteiger partial charge in [0.2, 0.25) is 5.91 Å². The van der Waals surface area contributed by atoms with E-state index in [9.17, 15) is 4.79 Å². The summed E-state index contributed by atoms with van der Waals surface area (Å²) < 4.78 is 5.37. The van der Waals surface area contributed by atoms with Crippen molar-refractivity contribution in [1.29, 1.82) is 0 Å². The number of amides is 1. The molecule has 2 heterocycles. The van der Waals surface area contributed by atoms with Gasteiger partial charge in [0.15, 0.2) is 0 Å². The third-order valence-electron chi connectivity index (χ3n) is 4.13. The second-order valence-electron chi connectivity index (χ2n) is 5.74. The van der Waals surface area contributed by atoms with E-state index >= 15 is 0 Å². The molecular formula is C16H22N2O2. The summed E-state index contributed by atoms with van der Waals surface area (Å²) in [5, 5.41) is 0. The number of hydrogen-bond acceptors (Lipinski definition) is 3. The van der Waals surface area contributed by atoms with Gasteiger partial charge in [0, 0.05) is 39.1 Å². The van der Waals surface area contributed by atoms with Crippen molar-refractivity contribution >= 4 is 5.91 Å². The third-order valence-corrected chi connectivity index (χ3v) is 4.13. The predicted octanol–water partition coefficient (Wildman–Crippen LogP) is 1.37. The lowest BCUT2D eigenvalue weighted by atomic mass is 10.1. The molecule has 2 saturated heterocycles. The van der Waals surface area contributed by atoms with Gasteiger partial charge in [-0.15, -0.1) is 0 Å². The topological polar surface area (TPSA) is 32.8 Å². The molecule has 2 fully saturated rings. The molecule has 0 radical (unpaired) electrons. The zero-order valence-electron chi connectivity index (χ0n) is 11.8. The van der Waals surface area contributed by atoms with Crippen LogP contribution in [0.4, 0.5) is 0 Å². The molecule has 3 rings (SSSR count). The van der Waals surface area contributed by atoms with Crippen molar-refractivity contribution in [1.82, 2.24) is 9.80 Å². The van der Waals surface area contributed by atoms with E-state index in [1.807, 2.05) is 23.1 Å². The Morgan fingerprint density at radius 2 is 1.90 bits per heavy atom. The molecule has 1 atom stereocenters. The Kier molecular flexibility index (Phi) is 4.33. The molecule has 1 aromatic rings. The Morgan fingerprint density at radius 1 is 1.15 bits per heavy atom. The Morgan fingerprint density at radius 3 is 2.65 bits per heavy atom. The van der Waals surface area contributed by atoms with Gasteiger partial charge in [-0.2, -0.15) is 0 Å². The molecule has 108 valence electrons. The van der Waals surface area contributed by atoms with Crippen molar-refractivity contribution in [2.45, 2.75) is 13.0 Å². The quantitative estimate of drug-likeness (QED) is 0.831. The van der Waals surface area contributed by atoms with Crippen molar-refractivity contribution in [3.05, 3.63) is 35.9 Å². The summed E-state index contributed by atoms with van der Waals surface area (Å²) in [6.07, 6.45) is 0.699. The van der Waals surface area contributed by atoms with Gasteiger partial charge in [0.05, 0.1) is 13.2 Å². The summed E-state index contributed by atoms with van der Waals surface area (Å²) in [6.45, 7) is 6.33. The van der Waals surface area contributed by atoms with E-state index in [4.69, 9.17) is 4.74 Å². The van der Waals surface area contributed by atoms with Gasteiger partial charge < -0.3 is 9.64 Å². The van der Waals surface area contributed by atoms with E-state index in [0.717, 1.165) is 45.9 Å². The van der Waals surface area contributed by atoms with E-state index in [2.05, 4.69) is 17.0 Å². The van der Waals surface area contributed by atoms with Crippen LogP contribution in [0.15, 0.2) is 30.3 Å². The van der Waals surface area contributed by atoms with E-state index in [-0.39, 0.29) is 0 Å². The molecule has 1 amide bonds. The second kappa shape index (κ2) is 6.37. The molecule has 0 N–H and O–H groups in total. The summed E-state index contributed by atoms with van der Waals surface area (Å²) in [7, 11) is 0. The van der Waals surface area contributed by atoms with Crippen molar-refractivity contribution in [2.24, 2.45) is 5.92 Å². The van der Waals surface area contributed by atoms with Gasteiger partial charge >= 0.3 is 0 Å². The Labute approximate surface area is 120 Å². The van der Waals surface area contributed by atoms with Crippen molar-refractivity contribution in [3.63, 3.8) is 0 Å². The van der Waals surface area contributed by atoms with Crippen LogP contribution in [0.5, 0.6) is 0 Å². The van der Waals surface area contributed by atoms with Gasteiger partial charge in [-0.05, 0) is 11.5 Å². The monoisotopic (exact) mass is 274 g/mol. The fourth-order valence-electron chi connectivity index (χ4n) is 3.08. The first-order valence-corrected chi connectivity index (χ1v) is 7.43. The molecule has 0 spiro atoms. The minimum absolute atomic E-state index is 0.298. The third kappa shape index (κ3) is 3.38. The maximum atomic E-state index is 12.1. The highest BCUT2D eigenvalue weighted by Gasteiger charge is 2.30. The first-order chi connectivity index (χ1) is 9.81. The summed E-state index contributed by atoms with van der Waals surface area (Å²) in [5.41, 5.74) is 1.22. The number of carbonyl (C=O) groups excluding carboxylic acids is 1. The van der Waals surface area contributed by atoms with Crippen LogP contribution in [0.1, 0.15) is 12.0 Å². The highest BCUT2D eigenvalue weighted by molar-refractivity contribution is 5.78. The van der Waals surface area contributed by atoms with Crippen LogP contribution in [0.2, 0.25) is 0 Å². The molecule has 4 nitrogen and oxygen atoms in total. The number of likely N-dealkylation sites (tertiary alicyclic amines) is 1. The van der Waals surface area contributed by atoms with Crippen LogP contribution in [0.25, 0.3) is 0 Å². The first-order valence-electron chi connectivity index (χ1n) is 7.43. The van der Waals surface area contributed by atoms with Gasteiger partial charge in [-0.3, -0.25) is 9.69 Å². The molecular weight excluding hydrogens is 252 g/mol. The normalized spacial score (nSPS) is 24.3. The zero-order chi connectivity index (χ0) is 13.8. The zero-order valence-corrected chi connectivity index (χ0v) is 11.8. The fraction of sp³-hybridized carbons (Fsp3) is 0.562. The van der Waals surface area contributed by atoms with E-state index in [1.54, 1.807) is 0 Å². The number of nitrogens with zero attached hydrogens (tertiary/aromatic N) is 2. The van der Waals surface area contributed by atoms with Crippen LogP contribution >= 0.6 is 0 Å². The fourth-order valence-corrected chi connectivity index (χ4v) is 3.08. The molecule has 0 bridgehead atoms. The lowest BCUT2D eigenvalue weighted by Crippen LogP contribution is -2.39. The number of hydrogen-bond donors (Lipinski definition) is 0. The van der Waals surface area contributed by atoms with E-state index < -0.39 is 0 Å². The smallest absolute Gasteiger partial charge is 0.223 e. The molecule has 4 heteroatoms. The largest absolute Gasteiger partial charge is 0.379 e. The molecule has 2 aliphatic heterocycles. The Bertz CT molecular complexity index is 443. The average Bonchev–Trinajstić information content (AvgIpc) is 2.81. The highest BCUT2D eigenvalue weighted by Crippen LogP contribution is 2.21. The molecule has 0 aromatic heterocycles.